The van der Waals surface area contributed by atoms with E-state index in [1.54, 1.807) is 18.3 Å². The summed E-state index contributed by atoms with van der Waals surface area (Å²) in [4.78, 5) is 14.1. The van der Waals surface area contributed by atoms with Crippen molar-refractivity contribution >= 4 is 11.4 Å². The highest BCUT2D eigenvalue weighted by Gasteiger charge is 2.10. The van der Waals surface area contributed by atoms with E-state index >= 15 is 0 Å². The van der Waals surface area contributed by atoms with Gasteiger partial charge >= 0.3 is 0 Å². The van der Waals surface area contributed by atoms with E-state index in [2.05, 4.69) is 4.98 Å². The Balaban J connectivity index is 2.24. The van der Waals surface area contributed by atoms with Crippen molar-refractivity contribution < 1.29 is 9.66 Å². The van der Waals surface area contributed by atoms with Crippen LogP contribution in [-0.4, -0.2) is 9.91 Å². The number of pyridine rings is 1. The van der Waals surface area contributed by atoms with E-state index in [-0.39, 0.29) is 11.4 Å². The van der Waals surface area contributed by atoms with E-state index in [0.717, 1.165) is 5.69 Å². The fraction of sp³-hybridized carbons (Fsp3) is 0.0833. The Bertz CT molecular complexity index is 582. The summed E-state index contributed by atoms with van der Waals surface area (Å²) in [5.74, 6) is 0.896. The molecule has 1 heterocycles. The summed E-state index contributed by atoms with van der Waals surface area (Å²) in [5.41, 5.74) is 6.71. The molecule has 2 rings (SSSR count). The van der Waals surface area contributed by atoms with E-state index in [1.807, 2.05) is 6.92 Å². The molecule has 6 nitrogen and oxygen atoms in total. The number of rotatable bonds is 3. The molecule has 1 aromatic carbocycles. The van der Waals surface area contributed by atoms with E-state index in [4.69, 9.17) is 10.5 Å². The van der Waals surface area contributed by atoms with Crippen LogP contribution >= 0.6 is 0 Å². The molecule has 0 aliphatic rings. The number of hydrogen-bond donors (Lipinski definition) is 1. The number of aromatic nitrogens is 1. The Morgan fingerprint density at radius 2 is 2.11 bits per heavy atom. The Morgan fingerprint density at radius 1 is 1.33 bits per heavy atom. The minimum Gasteiger partial charge on any atom is -0.454 e. The highest BCUT2D eigenvalue weighted by atomic mass is 16.6. The molecule has 2 aromatic rings. The summed E-state index contributed by atoms with van der Waals surface area (Å²) in [6.45, 7) is 1.87. The van der Waals surface area contributed by atoms with Crippen LogP contribution in [0.3, 0.4) is 0 Å². The highest BCUT2D eigenvalue weighted by Crippen LogP contribution is 2.30. The lowest BCUT2D eigenvalue weighted by Gasteiger charge is -2.07. The molecule has 92 valence electrons. The van der Waals surface area contributed by atoms with Gasteiger partial charge < -0.3 is 10.5 Å². The largest absolute Gasteiger partial charge is 0.454 e. The van der Waals surface area contributed by atoms with Crippen molar-refractivity contribution in [1.29, 1.82) is 0 Å². The molecule has 0 radical (unpaired) electrons. The number of nitrogen functional groups attached to an aromatic ring is 1. The van der Waals surface area contributed by atoms with Gasteiger partial charge in [-0.15, -0.1) is 0 Å². The maximum absolute atomic E-state index is 10.6. The van der Waals surface area contributed by atoms with E-state index in [1.165, 1.54) is 18.2 Å². The van der Waals surface area contributed by atoms with Crippen LogP contribution in [0.25, 0.3) is 0 Å². The van der Waals surface area contributed by atoms with Crippen LogP contribution in [0.1, 0.15) is 5.69 Å². The number of benzene rings is 1. The molecule has 18 heavy (non-hydrogen) atoms. The Kier molecular flexibility index (Phi) is 3.09. The lowest BCUT2D eigenvalue weighted by Crippen LogP contribution is -1.95. The third-order valence-corrected chi connectivity index (χ3v) is 2.32. The lowest BCUT2D eigenvalue weighted by atomic mass is 10.2. The number of nitrogens with zero attached hydrogens (tertiary/aromatic N) is 2. The van der Waals surface area contributed by atoms with E-state index in [9.17, 15) is 10.1 Å². The first kappa shape index (κ1) is 11.8. The van der Waals surface area contributed by atoms with Crippen LogP contribution in [0.4, 0.5) is 11.4 Å². The molecule has 0 unspecified atom stereocenters. The van der Waals surface area contributed by atoms with Gasteiger partial charge in [0, 0.05) is 17.8 Å². The molecule has 6 heteroatoms. The predicted molar refractivity (Wildman–Crippen MR) is 66.6 cm³/mol. The van der Waals surface area contributed by atoms with Gasteiger partial charge in [0.25, 0.3) is 5.69 Å². The number of nitrogens with two attached hydrogens (primary N) is 1. The molecule has 1 aromatic heterocycles. The van der Waals surface area contributed by atoms with Gasteiger partial charge in [-0.25, -0.2) is 0 Å². The number of anilines is 1. The number of aryl methyl sites for hydroxylation is 1. The molecule has 0 amide bonds. The maximum atomic E-state index is 10.6. The van der Waals surface area contributed by atoms with Crippen molar-refractivity contribution in [3.8, 4) is 11.5 Å². The van der Waals surface area contributed by atoms with Gasteiger partial charge in [0.15, 0.2) is 5.75 Å². The summed E-state index contributed by atoms with van der Waals surface area (Å²) in [7, 11) is 0. The third kappa shape index (κ3) is 2.54. The summed E-state index contributed by atoms with van der Waals surface area (Å²) >= 11 is 0. The Labute approximate surface area is 103 Å². The van der Waals surface area contributed by atoms with Gasteiger partial charge in [0.05, 0.1) is 16.8 Å². The zero-order chi connectivity index (χ0) is 13.1. The second-order valence-electron chi connectivity index (χ2n) is 3.72. The molecule has 2 N–H and O–H groups in total. The van der Waals surface area contributed by atoms with Gasteiger partial charge in [0.1, 0.15) is 5.75 Å². The zero-order valence-electron chi connectivity index (χ0n) is 9.66. The first-order valence-corrected chi connectivity index (χ1v) is 5.20. The van der Waals surface area contributed by atoms with Gasteiger partial charge in [-0.1, -0.05) is 0 Å². The van der Waals surface area contributed by atoms with Gasteiger partial charge in [-0.05, 0) is 25.1 Å². The Hall–Kier alpha value is -2.63. The predicted octanol–water partition coefficient (Wildman–Crippen LogP) is 2.67. The summed E-state index contributed by atoms with van der Waals surface area (Å²) in [6, 6.07) is 7.62. The topological polar surface area (TPSA) is 91.3 Å². The van der Waals surface area contributed by atoms with Crippen molar-refractivity contribution in [2.45, 2.75) is 6.92 Å². The quantitative estimate of drug-likeness (QED) is 0.510. The van der Waals surface area contributed by atoms with Crippen LogP contribution in [0.2, 0.25) is 0 Å². The van der Waals surface area contributed by atoms with Crippen molar-refractivity contribution in [3.63, 3.8) is 0 Å². The van der Waals surface area contributed by atoms with Crippen molar-refractivity contribution in [3.05, 3.63) is 52.3 Å². The average molecular weight is 245 g/mol. The van der Waals surface area contributed by atoms with Crippen LogP contribution in [-0.2, 0) is 0 Å². The number of ether oxygens (including phenoxy) is 1. The second-order valence-corrected chi connectivity index (χ2v) is 3.72. The normalized spacial score (nSPS) is 10.1. The summed E-state index contributed by atoms with van der Waals surface area (Å²) < 4.78 is 5.49. The Morgan fingerprint density at radius 3 is 2.67 bits per heavy atom. The summed E-state index contributed by atoms with van der Waals surface area (Å²) in [5, 5.41) is 10.6. The van der Waals surface area contributed by atoms with Crippen molar-refractivity contribution in [2.75, 3.05) is 5.73 Å². The smallest absolute Gasteiger partial charge is 0.271 e. The molecule has 0 atom stereocenters. The minimum absolute atomic E-state index is 0.0677. The minimum atomic E-state index is -0.506. The molecule has 0 fully saturated rings. The van der Waals surface area contributed by atoms with E-state index in [0.29, 0.717) is 11.5 Å². The average Bonchev–Trinajstić information content (AvgIpc) is 2.34. The van der Waals surface area contributed by atoms with Crippen LogP contribution in [0.15, 0.2) is 36.5 Å². The number of non-ortho nitro benzene ring substituents is 1. The molecule has 0 aliphatic carbocycles. The van der Waals surface area contributed by atoms with Crippen molar-refractivity contribution in [2.24, 2.45) is 0 Å². The first-order valence-electron chi connectivity index (χ1n) is 5.20. The zero-order valence-corrected chi connectivity index (χ0v) is 9.66. The molecule has 0 saturated carbocycles. The number of nitro groups is 1. The van der Waals surface area contributed by atoms with Crippen molar-refractivity contribution in [1.82, 2.24) is 4.98 Å². The molecule has 0 aliphatic heterocycles. The number of hydrogen-bond acceptors (Lipinski definition) is 5. The molecule has 0 saturated heterocycles. The molecular weight excluding hydrogens is 234 g/mol. The number of nitro benzene ring substituents is 1. The van der Waals surface area contributed by atoms with Gasteiger partial charge in [0.2, 0.25) is 0 Å². The second kappa shape index (κ2) is 4.70. The fourth-order valence-electron chi connectivity index (χ4n) is 1.38. The SMILES string of the molecule is Cc1ccc(Oc2ccc([N+](=O)[O-])cc2N)cn1. The first-order chi connectivity index (χ1) is 8.56. The molecule has 0 spiro atoms. The van der Waals surface area contributed by atoms with Crippen LogP contribution in [0.5, 0.6) is 11.5 Å². The third-order valence-electron chi connectivity index (χ3n) is 2.32. The van der Waals surface area contributed by atoms with Crippen LogP contribution in [0, 0.1) is 17.0 Å². The fourth-order valence-corrected chi connectivity index (χ4v) is 1.38. The lowest BCUT2D eigenvalue weighted by molar-refractivity contribution is -0.384. The maximum Gasteiger partial charge on any atom is 0.271 e. The summed E-state index contributed by atoms with van der Waals surface area (Å²) in [6.07, 6.45) is 1.57. The highest BCUT2D eigenvalue weighted by molar-refractivity contribution is 5.59. The van der Waals surface area contributed by atoms with Crippen LogP contribution < -0.4 is 10.5 Å². The monoisotopic (exact) mass is 245 g/mol. The standard InChI is InChI=1S/C12H11N3O3/c1-8-2-4-10(7-14-8)18-12-5-3-9(15(16)17)6-11(12)13/h2-7H,13H2,1H3. The molecular formula is C12H11N3O3. The van der Waals surface area contributed by atoms with E-state index < -0.39 is 4.92 Å². The molecule has 0 bridgehead atoms. The van der Waals surface area contributed by atoms with Gasteiger partial charge in [-0.3, -0.25) is 15.1 Å². The van der Waals surface area contributed by atoms with Gasteiger partial charge in [-0.2, -0.15) is 0 Å².